The standard InChI is InChI=1S/C42H72O14/c1-20(2)10-9-13-42(8,52)21-11-14-41(7)28(21)22(45)16-27-39(5)17-23(46)35(38(3,4)26(39)12-15-40(27,41)6)56-37-34(32(50)30(48)25(19-44)54-37)55-36-33(51)31(49)29(47)24(18-43)53-36/h10,21-37,43-52H,9,11-19H2,1-8H3/t21-,22+,23+,24-,25-,26-,27+,28-,29-,30-,31+,32+,33-,34-,35?,36+,37+,39-,40+,41+,42+/m0/s1. The summed E-state index contributed by atoms with van der Waals surface area (Å²) in [6, 6.07) is 0. The van der Waals surface area contributed by atoms with Crippen molar-refractivity contribution in [2.75, 3.05) is 13.2 Å². The van der Waals surface area contributed by atoms with Crippen molar-refractivity contribution in [1.82, 2.24) is 0 Å². The molecule has 324 valence electrons. The van der Waals surface area contributed by atoms with Crippen LogP contribution in [0.1, 0.15) is 107 Å². The minimum absolute atomic E-state index is 0.00996. The number of fused-ring (bicyclic) bond motifs is 5. The first-order chi connectivity index (χ1) is 26.0. The smallest absolute Gasteiger partial charge is 0.187 e. The number of aliphatic hydroxyl groups is 10. The van der Waals surface area contributed by atoms with Crippen molar-refractivity contribution in [1.29, 1.82) is 0 Å². The van der Waals surface area contributed by atoms with Gasteiger partial charge in [-0.2, -0.15) is 0 Å². The van der Waals surface area contributed by atoms with Gasteiger partial charge in [0.05, 0.1) is 37.1 Å². The van der Waals surface area contributed by atoms with E-state index in [-0.39, 0.29) is 34.5 Å². The van der Waals surface area contributed by atoms with Crippen LogP contribution in [0.2, 0.25) is 0 Å². The van der Waals surface area contributed by atoms with Crippen LogP contribution in [0.5, 0.6) is 0 Å². The molecule has 1 unspecified atom stereocenters. The van der Waals surface area contributed by atoms with Gasteiger partial charge in [-0.25, -0.2) is 0 Å². The maximum Gasteiger partial charge on any atom is 0.187 e. The Morgan fingerprint density at radius 1 is 0.732 bits per heavy atom. The van der Waals surface area contributed by atoms with Gasteiger partial charge in [0.25, 0.3) is 0 Å². The average molecular weight is 801 g/mol. The molecule has 0 bridgehead atoms. The van der Waals surface area contributed by atoms with E-state index in [4.69, 9.17) is 18.9 Å². The number of hydrogen-bond acceptors (Lipinski definition) is 14. The van der Waals surface area contributed by atoms with Gasteiger partial charge in [-0.15, -0.1) is 0 Å². The Balaban J connectivity index is 1.25. The molecule has 6 aliphatic rings. The van der Waals surface area contributed by atoms with Crippen molar-refractivity contribution in [3.63, 3.8) is 0 Å². The van der Waals surface area contributed by atoms with E-state index in [1.54, 1.807) is 0 Å². The monoisotopic (exact) mass is 800 g/mol. The molecule has 56 heavy (non-hydrogen) atoms. The summed E-state index contributed by atoms with van der Waals surface area (Å²) in [5.74, 6) is -0.0322. The van der Waals surface area contributed by atoms with Crippen molar-refractivity contribution in [3.8, 4) is 0 Å². The van der Waals surface area contributed by atoms with E-state index in [9.17, 15) is 51.1 Å². The number of ether oxygens (including phenoxy) is 4. The normalized spacial score (nSPS) is 52.6. The van der Waals surface area contributed by atoms with Crippen LogP contribution in [-0.2, 0) is 18.9 Å². The molecule has 0 radical (unpaired) electrons. The summed E-state index contributed by atoms with van der Waals surface area (Å²) in [5.41, 5.74) is -1.25. The molecule has 0 aromatic rings. The highest BCUT2D eigenvalue weighted by atomic mass is 16.8. The largest absolute Gasteiger partial charge is 0.394 e. The zero-order valence-corrected chi connectivity index (χ0v) is 34.6. The fourth-order valence-corrected chi connectivity index (χ4v) is 13.5. The predicted octanol–water partition coefficient (Wildman–Crippen LogP) is 1.12. The lowest BCUT2D eigenvalue weighted by atomic mass is 9.35. The Bertz CT molecular complexity index is 1400. The van der Waals surface area contributed by atoms with E-state index in [0.717, 1.165) is 32.1 Å². The van der Waals surface area contributed by atoms with Crippen molar-refractivity contribution < 1.29 is 70.0 Å². The van der Waals surface area contributed by atoms with Crippen molar-refractivity contribution in [2.45, 2.75) is 192 Å². The second kappa shape index (κ2) is 15.9. The van der Waals surface area contributed by atoms with Crippen LogP contribution in [0.15, 0.2) is 11.6 Å². The Morgan fingerprint density at radius 3 is 1.93 bits per heavy atom. The van der Waals surface area contributed by atoms with Gasteiger partial charge in [0.1, 0.15) is 48.8 Å². The van der Waals surface area contributed by atoms with Gasteiger partial charge in [-0.05, 0) is 117 Å². The summed E-state index contributed by atoms with van der Waals surface area (Å²) < 4.78 is 24.1. The van der Waals surface area contributed by atoms with Crippen LogP contribution >= 0.6 is 0 Å². The molecule has 14 nitrogen and oxygen atoms in total. The van der Waals surface area contributed by atoms with Crippen LogP contribution in [0, 0.1) is 45.3 Å². The highest BCUT2D eigenvalue weighted by Gasteiger charge is 2.72. The number of hydrogen-bond donors (Lipinski definition) is 10. The van der Waals surface area contributed by atoms with E-state index in [2.05, 4.69) is 40.7 Å². The summed E-state index contributed by atoms with van der Waals surface area (Å²) in [7, 11) is 0. The van der Waals surface area contributed by atoms with Crippen molar-refractivity contribution in [3.05, 3.63) is 11.6 Å². The third-order valence-corrected chi connectivity index (χ3v) is 16.5. The molecule has 2 saturated heterocycles. The van der Waals surface area contributed by atoms with Crippen LogP contribution < -0.4 is 0 Å². The maximum absolute atomic E-state index is 12.2. The number of allylic oxidation sites excluding steroid dienone is 2. The third-order valence-electron chi connectivity index (χ3n) is 16.5. The van der Waals surface area contributed by atoms with E-state index < -0.39 is 109 Å². The average Bonchev–Trinajstić information content (AvgIpc) is 3.50. The second-order valence-corrected chi connectivity index (χ2v) is 20.3. The van der Waals surface area contributed by atoms with Crippen LogP contribution in [0.3, 0.4) is 0 Å². The Morgan fingerprint density at radius 2 is 1.32 bits per heavy atom. The van der Waals surface area contributed by atoms with Gasteiger partial charge in [-0.1, -0.05) is 46.3 Å². The van der Waals surface area contributed by atoms with Gasteiger partial charge in [0.15, 0.2) is 12.6 Å². The molecule has 2 heterocycles. The van der Waals surface area contributed by atoms with Crippen LogP contribution in [-0.4, -0.2) is 150 Å². The molecule has 10 N–H and O–H groups in total. The molecule has 0 spiro atoms. The molecular weight excluding hydrogens is 728 g/mol. The molecule has 4 aliphatic carbocycles. The molecule has 2 aliphatic heterocycles. The third kappa shape index (κ3) is 7.16. The van der Waals surface area contributed by atoms with Crippen molar-refractivity contribution in [2.24, 2.45) is 45.3 Å². The summed E-state index contributed by atoms with van der Waals surface area (Å²) in [6.07, 6.45) is -10.5. The molecule has 6 rings (SSSR count). The molecule has 21 atom stereocenters. The quantitative estimate of drug-likeness (QED) is 0.110. The van der Waals surface area contributed by atoms with Crippen LogP contribution in [0.4, 0.5) is 0 Å². The summed E-state index contributed by atoms with van der Waals surface area (Å²) in [6.45, 7) is 15.7. The van der Waals surface area contributed by atoms with E-state index in [0.29, 0.717) is 19.3 Å². The van der Waals surface area contributed by atoms with E-state index in [1.807, 2.05) is 20.8 Å². The first-order valence-corrected chi connectivity index (χ1v) is 21.0. The first kappa shape index (κ1) is 44.7. The molecule has 14 heteroatoms. The zero-order valence-electron chi connectivity index (χ0n) is 34.6. The molecule has 0 aromatic carbocycles. The van der Waals surface area contributed by atoms with Gasteiger partial charge >= 0.3 is 0 Å². The fourth-order valence-electron chi connectivity index (χ4n) is 13.5. The predicted molar refractivity (Wildman–Crippen MR) is 202 cm³/mol. The van der Waals surface area contributed by atoms with Crippen LogP contribution in [0.25, 0.3) is 0 Å². The molecule has 4 saturated carbocycles. The Kier molecular flexibility index (Phi) is 12.7. The van der Waals surface area contributed by atoms with Gasteiger partial charge in [0.2, 0.25) is 0 Å². The number of rotatable bonds is 10. The minimum atomic E-state index is -1.81. The van der Waals surface area contributed by atoms with Gasteiger partial charge in [-0.3, -0.25) is 0 Å². The summed E-state index contributed by atoms with van der Waals surface area (Å²) >= 11 is 0. The number of aliphatic hydroxyl groups excluding tert-OH is 9. The SMILES string of the molecule is CC(C)=CCC[C@@](C)(O)[C@H]1CC[C@]2(C)[C@@H]1[C@H](O)C[C@@H]1[C@@]3(C)C[C@@H](O)C(O[C@H]4O[C@@H](CO)[C@H](O)[C@@H](O)[C@@H]4O[C@H]4O[C@@H](CO)[C@H](O)[C@@H](O)[C@@H]4O)C(C)(C)[C@@H]3CC[C@]12C. The van der Waals surface area contributed by atoms with E-state index >= 15 is 0 Å². The lowest BCUT2D eigenvalue weighted by Crippen LogP contribution is -2.70. The Labute approximate surface area is 331 Å². The van der Waals surface area contributed by atoms with Gasteiger partial charge < -0.3 is 70.0 Å². The lowest BCUT2D eigenvalue weighted by Gasteiger charge is -2.71. The first-order valence-electron chi connectivity index (χ1n) is 21.0. The highest BCUT2D eigenvalue weighted by molar-refractivity contribution is 5.21. The molecular formula is C42H72O14. The summed E-state index contributed by atoms with van der Waals surface area (Å²) in [5, 5.41) is 110. The minimum Gasteiger partial charge on any atom is -0.394 e. The molecule has 0 aromatic heterocycles. The summed E-state index contributed by atoms with van der Waals surface area (Å²) in [4.78, 5) is 0. The highest BCUT2D eigenvalue weighted by Crippen LogP contribution is 2.76. The molecule has 0 amide bonds. The lowest BCUT2D eigenvalue weighted by molar-refractivity contribution is -0.383. The van der Waals surface area contributed by atoms with E-state index in [1.165, 1.54) is 5.57 Å². The van der Waals surface area contributed by atoms with Crippen molar-refractivity contribution >= 4 is 0 Å². The fraction of sp³-hybridized carbons (Fsp3) is 0.952. The topological polar surface area (TPSA) is 239 Å². The zero-order chi connectivity index (χ0) is 41.5. The Hall–Kier alpha value is -0.820. The van der Waals surface area contributed by atoms with Gasteiger partial charge in [0, 0.05) is 0 Å². The molecule has 6 fully saturated rings. The maximum atomic E-state index is 12.2. The second-order valence-electron chi connectivity index (χ2n) is 20.3.